The average molecular weight is 383 g/mol. The SMILES string of the molecule is CS(=O)(=O)N(CC(=O)Nc1ccc(F)c(F)c1F)c1ccc(C#N)cc1. The Morgan fingerprint density at radius 3 is 2.27 bits per heavy atom. The smallest absolute Gasteiger partial charge is 0.245 e. The zero-order chi connectivity index (χ0) is 19.5. The highest BCUT2D eigenvalue weighted by atomic mass is 32.2. The summed E-state index contributed by atoms with van der Waals surface area (Å²) in [5.41, 5.74) is -0.231. The third-order valence-electron chi connectivity index (χ3n) is 3.28. The zero-order valence-electron chi connectivity index (χ0n) is 13.3. The number of carbonyl (C=O) groups excluding carboxylic acids is 1. The number of sulfonamides is 1. The number of anilines is 2. The Kier molecular flexibility index (Phi) is 5.52. The first-order valence-corrected chi connectivity index (χ1v) is 8.89. The number of halogens is 3. The van der Waals surface area contributed by atoms with Crippen LogP contribution in [0, 0.1) is 28.8 Å². The lowest BCUT2D eigenvalue weighted by Crippen LogP contribution is -2.37. The van der Waals surface area contributed by atoms with Gasteiger partial charge in [0.1, 0.15) is 6.54 Å². The van der Waals surface area contributed by atoms with Crippen LogP contribution < -0.4 is 9.62 Å². The third-order valence-corrected chi connectivity index (χ3v) is 4.42. The molecule has 6 nitrogen and oxygen atoms in total. The Hall–Kier alpha value is -3.06. The van der Waals surface area contributed by atoms with Crippen LogP contribution in [0.25, 0.3) is 0 Å². The summed E-state index contributed by atoms with van der Waals surface area (Å²) >= 11 is 0. The van der Waals surface area contributed by atoms with Crippen molar-refractivity contribution in [3.05, 3.63) is 59.4 Å². The predicted octanol–water partition coefficient (Wildman–Crippen LogP) is 2.38. The van der Waals surface area contributed by atoms with E-state index >= 15 is 0 Å². The van der Waals surface area contributed by atoms with Crippen LogP contribution in [0.4, 0.5) is 24.5 Å². The fourth-order valence-electron chi connectivity index (χ4n) is 2.04. The molecule has 0 saturated heterocycles. The van der Waals surface area contributed by atoms with Gasteiger partial charge < -0.3 is 5.32 Å². The van der Waals surface area contributed by atoms with Gasteiger partial charge in [0.2, 0.25) is 15.9 Å². The summed E-state index contributed by atoms with van der Waals surface area (Å²) < 4.78 is 64.3. The Morgan fingerprint density at radius 2 is 1.73 bits per heavy atom. The van der Waals surface area contributed by atoms with Crippen LogP contribution >= 0.6 is 0 Å². The van der Waals surface area contributed by atoms with Crippen LogP contribution in [0.2, 0.25) is 0 Å². The average Bonchev–Trinajstić information content (AvgIpc) is 2.59. The molecule has 0 heterocycles. The van der Waals surface area contributed by atoms with Crippen molar-refractivity contribution in [3.8, 4) is 6.07 Å². The summed E-state index contributed by atoms with van der Waals surface area (Å²) in [7, 11) is -3.89. The topological polar surface area (TPSA) is 90.3 Å². The monoisotopic (exact) mass is 383 g/mol. The maximum atomic E-state index is 13.6. The minimum Gasteiger partial charge on any atom is -0.322 e. The molecule has 1 amide bonds. The van der Waals surface area contributed by atoms with E-state index in [0.29, 0.717) is 6.07 Å². The number of nitrogens with zero attached hydrogens (tertiary/aromatic N) is 2. The first kappa shape index (κ1) is 19.3. The molecule has 0 bridgehead atoms. The van der Waals surface area contributed by atoms with Crippen LogP contribution in [0.3, 0.4) is 0 Å². The van der Waals surface area contributed by atoms with Gasteiger partial charge in [-0.3, -0.25) is 9.10 Å². The van der Waals surface area contributed by atoms with Crippen molar-refractivity contribution >= 4 is 27.3 Å². The van der Waals surface area contributed by atoms with Crippen molar-refractivity contribution in [1.29, 1.82) is 5.26 Å². The van der Waals surface area contributed by atoms with Gasteiger partial charge in [0.15, 0.2) is 17.5 Å². The van der Waals surface area contributed by atoms with Gasteiger partial charge in [-0.05, 0) is 36.4 Å². The molecule has 0 radical (unpaired) electrons. The highest BCUT2D eigenvalue weighted by Crippen LogP contribution is 2.21. The van der Waals surface area contributed by atoms with Gasteiger partial charge in [-0.15, -0.1) is 0 Å². The van der Waals surface area contributed by atoms with Gasteiger partial charge in [0, 0.05) is 0 Å². The number of rotatable bonds is 5. The number of carbonyl (C=O) groups is 1. The van der Waals surface area contributed by atoms with Crippen LogP contribution in [-0.2, 0) is 14.8 Å². The lowest BCUT2D eigenvalue weighted by molar-refractivity contribution is -0.114. The maximum absolute atomic E-state index is 13.6. The standard InChI is InChI=1S/C16H12F3N3O3S/c1-26(24,25)22(11-4-2-10(8-20)3-5-11)9-14(23)21-13-7-6-12(17)15(18)16(13)19/h2-7H,9H2,1H3,(H,21,23). The van der Waals surface area contributed by atoms with E-state index in [0.717, 1.165) is 16.6 Å². The minimum atomic E-state index is -3.89. The molecule has 2 aromatic rings. The predicted molar refractivity (Wildman–Crippen MR) is 88.3 cm³/mol. The molecule has 0 saturated carbocycles. The summed E-state index contributed by atoms with van der Waals surface area (Å²) in [5.74, 6) is -5.74. The third kappa shape index (κ3) is 4.31. The highest BCUT2D eigenvalue weighted by molar-refractivity contribution is 7.92. The molecule has 2 aromatic carbocycles. The lowest BCUT2D eigenvalue weighted by Gasteiger charge is -2.22. The van der Waals surface area contributed by atoms with Crippen LogP contribution in [0.1, 0.15) is 5.56 Å². The fraction of sp³-hybridized carbons (Fsp3) is 0.125. The molecule has 0 aliphatic carbocycles. The molecule has 0 aliphatic rings. The molecule has 10 heteroatoms. The van der Waals surface area contributed by atoms with Gasteiger partial charge in [-0.1, -0.05) is 0 Å². The minimum absolute atomic E-state index is 0.104. The lowest BCUT2D eigenvalue weighted by atomic mass is 10.2. The molecule has 0 fully saturated rings. The molecule has 0 aromatic heterocycles. The van der Waals surface area contributed by atoms with E-state index in [1.54, 1.807) is 0 Å². The number of hydrogen-bond donors (Lipinski definition) is 1. The molecule has 0 atom stereocenters. The quantitative estimate of drug-likeness (QED) is 0.803. The second-order valence-corrected chi connectivity index (χ2v) is 7.11. The number of amides is 1. The molecule has 1 N–H and O–H groups in total. The summed E-state index contributed by atoms with van der Waals surface area (Å²) in [4.78, 5) is 12.1. The summed E-state index contributed by atoms with van der Waals surface area (Å²) in [6.45, 7) is -0.733. The normalized spacial score (nSPS) is 10.9. The first-order chi connectivity index (χ1) is 12.1. The van der Waals surface area contributed by atoms with E-state index in [-0.39, 0.29) is 11.3 Å². The largest absolute Gasteiger partial charge is 0.322 e. The molecule has 0 aliphatic heterocycles. The maximum Gasteiger partial charge on any atom is 0.245 e. The van der Waals surface area contributed by atoms with E-state index in [4.69, 9.17) is 5.26 Å². The Morgan fingerprint density at radius 1 is 1.12 bits per heavy atom. The van der Waals surface area contributed by atoms with Crippen LogP contribution in [0.5, 0.6) is 0 Å². The Labute approximate surface area is 147 Å². The Balaban J connectivity index is 2.25. The zero-order valence-corrected chi connectivity index (χ0v) is 14.1. The summed E-state index contributed by atoms with van der Waals surface area (Å²) in [6, 6.07) is 8.68. The van der Waals surface area contributed by atoms with Crippen molar-refractivity contribution in [2.24, 2.45) is 0 Å². The number of hydrogen-bond acceptors (Lipinski definition) is 4. The Bertz CT molecular complexity index is 986. The fourth-order valence-corrected chi connectivity index (χ4v) is 2.90. The molecule has 0 spiro atoms. The van der Waals surface area contributed by atoms with E-state index < -0.39 is 45.6 Å². The molecular formula is C16H12F3N3O3S. The van der Waals surface area contributed by atoms with Crippen LogP contribution in [-0.4, -0.2) is 27.1 Å². The van der Waals surface area contributed by atoms with Gasteiger partial charge in [0.05, 0.1) is 29.3 Å². The van der Waals surface area contributed by atoms with Crippen molar-refractivity contribution < 1.29 is 26.4 Å². The van der Waals surface area contributed by atoms with E-state index in [9.17, 15) is 26.4 Å². The number of nitrogens with one attached hydrogen (secondary N) is 1. The van der Waals surface area contributed by atoms with Crippen molar-refractivity contribution in [3.63, 3.8) is 0 Å². The van der Waals surface area contributed by atoms with Crippen molar-refractivity contribution in [2.45, 2.75) is 0 Å². The molecule has 26 heavy (non-hydrogen) atoms. The number of nitriles is 1. The first-order valence-electron chi connectivity index (χ1n) is 7.04. The summed E-state index contributed by atoms with van der Waals surface area (Å²) in [5, 5.41) is 10.8. The molecule has 0 unspecified atom stereocenters. The summed E-state index contributed by atoms with van der Waals surface area (Å²) in [6.07, 6.45) is 0.858. The van der Waals surface area contributed by atoms with Gasteiger partial charge in [0.25, 0.3) is 0 Å². The van der Waals surface area contributed by atoms with E-state index in [1.165, 1.54) is 24.3 Å². The highest BCUT2D eigenvalue weighted by Gasteiger charge is 2.22. The number of benzene rings is 2. The van der Waals surface area contributed by atoms with Gasteiger partial charge in [-0.2, -0.15) is 5.26 Å². The second kappa shape index (κ2) is 7.45. The van der Waals surface area contributed by atoms with Crippen LogP contribution in [0.15, 0.2) is 36.4 Å². The van der Waals surface area contributed by atoms with E-state index in [2.05, 4.69) is 0 Å². The molecule has 136 valence electrons. The van der Waals surface area contributed by atoms with E-state index in [1.807, 2.05) is 11.4 Å². The molecular weight excluding hydrogens is 371 g/mol. The van der Waals surface area contributed by atoms with Gasteiger partial charge in [-0.25, -0.2) is 21.6 Å². The van der Waals surface area contributed by atoms with Crippen molar-refractivity contribution in [1.82, 2.24) is 0 Å². The van der Waals surface area contributed by atoms with Gasteiger partial charge >= 0.3 is 0 Å². The molecule has 2 rings (SSSR count). The van der Waals surface area contributed by atoms with Crippen molar-refractivity contribution in [2.75, 3.05) is 22.4 Å². The second-order valence-electron chi connectivity index (χ2n) is 5.20.